The van der Waals surface area contributed by atoms with Crippen molar-refractivity contribution in [3.63, 3.8) is 0 Å². The molecule has 1 aromatic heterocycles. The maximum absolute atomic E-state index is 11.9. The Morgan fingerprint density at radius 2 is 2.35 bits per heavy atom. The summed E-state index contributed by atoms with van der Waals surface area (Å²) in [5.41, 5.74) is 6.27. The van der Waals surface area contributed by atoms with Gasteiger partial charge in [0.2, 0.25) is 0 Å². The molecule has 1 aliphatic carbocycles. The van der Waals surface area contributed by atoms with Gasteiger partial charge in [0.15, 0.2) is 0 Å². The summed E-state index contributed by atoms with van der Waals surface area (Å²) in [5, 5.41) is 3.20. The summed E-state index contributed by atoms with van der Waals surface area (Å²) in [6.45, 7) is 5.08. The molecule has 1 amide bonds. The number of nitrogens with zero attached hydrogens (tertiary/aromatic N) is 1. The molecular formula is C12H16ClN3O. The van der Waals surface area contributed by atoms with Crippen LogP contribution in [0.4, 0.5) is 5.82 Å². The average molecular weight is 254 g/mol. The molecule has 2 rings (SSSR count). The Balaban J connectivity index is 1.98. The molecule has 0 aromatic carbocycles. The summed E-state index contributed by atoms with van der Waals surface area (Å²) < 4.78 is 0. The third-order valence-corrected chi connectivity index (χ3v) is 3.65. The smallest absolute Gasteiger partial charge is 0.253 e. The van der Waals surface area contributed by atoms with Crippen molar-refractivity contribution in [2.45, 2.75) is 20.3 Å². The maximum atomic E-state index is 11.9. The van der Waals surface area contributed by atoms with Crippen molar-refractivity contribution in [2.75, 3.05) is 12.3 Å². The normalized spacial score (nSPS) is 21.0. The van der Waals surface area contributed by atoms with Crippen LogP contribution in [0.3, 0.4) is 0 Å². The van der Waals surface area contributed by atoms with Gasteiger partial charge in [0.05, 0.1) is 10.6 Å². The van der Waals surface area contributed by atoms with Crippen molar-refractivity contribution in [2.24, 2.45) is 11.3 Å². The van der Waals surface area contributed by atoms with Crippen molar-refractivity contribution in [1.82, 2.24) is 10.3 Å². The molecular weight excluding hydrogens is 238 g/mol. The third kappa shape index (κ3) is 2.69. The summed E-state index contributed by atoms with van der Waals surface area (Å²) in [7, 11) is 0. The van der Waals surface area contributed by atoms with Crippen LogP contribution < -0.4 is 11.1 Å². The van der Waals surface area contributed by atoms with Crippen molar-refractivity contribution in [3.05, 3.63) is 22.8 Å². The predicted octanol–water partition coefficient (Wildman–Crippen LogP) is 2.09. The number of amides is 1. The number of carbonyl (C=O) groups is 1. The van der Waals surface area contributed by atoms with Gasteiger partial charge in [0.1, 0.15) is 5.82 Å². The van der Waals surface area contributed by atoms with Gasteiger partial charge >= 0.3 is 0 Å². The van der Waals surface area contributed by atoms with Crippen LogP contribution in [-0.2, 0) is 0 Å². The number of nitrogen functional groups attached to an aromatic ring is 1. The van der Waals surface area contributed by atoms with E-state index in [1.54, 1.807) is 0 Å². The summed E-state index contributed by atoms with van der Waals surface area (Å²) in [6, 6.07) is 1.50. The summed E-state index contributed by atoms with van der Waals surface area (Å²) >= 11 is 5.90. The number of pyridine rings is 1. The number of halogens is 1. The highest BCUT2D eigenvalue weighted by Crippen LogP contribution is 2.50. The largest absolute Gasteiger partial charge is 0.384 e. The number of hydrogen-bond acceptors (Lipinski definition) is 3. The zero-order valence-corrected chi connectivity index (χ0v) is 10.7. The monoisotopic (exact) mass is 253 g/mol. The molecule has 1 aromatic rings. The van der Waals surface area contributed by atoms with Gasteiger partial charge in [0.25, 0.3) is 5.91 Å². The molecule has 4 nitrogen and oxygen atoms in total. The first kappa shape index (κ1) is 12.2. The zero-order valence-electron chi connectivity index (χ0n) is 9.96. The Morgan fingerprint density at radius 1 is 1.71 bits per heavy atom. The van der Waals surface area contributed by atoms with E-state index in [9.17, 15) is 4.79 Å². The first-order valence-electron chi connectivity index (χ1n) is 5.59. The Morgan fingerprint density at radius 3 is 2.94 bits per heavy atom. The van der Waals surface area contributed by atoms with Gasteiger partial charge in [-0.2, -0.15) is 0 Å². The highest BCUT2D eigenvalue weighted by atomic mass is 35.5. The number of rotatable bonds is 3. The molecule has 1 atom stereocenters. The molecule has 0 spiro atoms. The molecule has 1 fully saturated rings. The van der Waals surface area contributed by atoms with Gasteiger partial charge in [-0.3, -0.25) is 4.79 Å². The van der Waals surface area contributed by atoms with Crippen molar-refractivity contribution < 1.29 is 4.79 Å². The summed E-state index contributed by atoms with van der Waals surface area (Å²) in [6.07, 6.45) is 2.55. The first-order chi connectivity index (χ1) is 7.90. The molecule has 1 aliphatic rings. The van der Waals surface area contributed by atoms with Crippen molar-refractivity contribution >= 4 is 23.3 Å². The lowest BCUT2D eigenvalue weighted by molar-refractivity contribution is 0.0950. The Hall–Kier alpha value is -1.29. The summed E-state index contributed by atoms with van der Waals surface area (Å²) in [4.78, 5) is 15.7. The van der Waals surface area contributed by atoms with Gasteiger partial charge in [-0.15, -0.1) is 0 Å². The van der Waals surface area contributed by atoms with Gasteiger partial charge in [-0.05, 0) is 23.8 Å². The van der Waals surface area contributed by atoms with Crippen LogP contribution in [0.15, 0.2) is 12.3 Å². The van der Waals surface area contributed by atoms with Crippen LogP contribution in [0, 0.1) is 11.3 Å². The fourth-order valence-electron chi connectivity index (χ4n) is 1.86. The van der Waals surface area contributed by atoms with Crippen molar-refractivity contribution in [1.29, 1.82) is 0 Å². The number of carbonyl (C=O) groups excluding carboxylic acids is 1. The molecule has 0 aliphatic heterocycles. The molecule has 1 saturated carbocycles. The predicted molar refractivity (Wildman–Crippen MR) is 67.9 cm³/mol. The Bertz CT molecular complexity index is 459. The second-order valence-corrected chi connectivity index (χ2v) is 5.60. The second kappa shape index (κ2) is 4.18. The van der Waals surface area contributed by atoms with E-state index in [2.05, 4.69) is 24.1 Å². The van der Waals surface area contributed by atoms with E-state index < -0.39 is 0 Å². The molecule has 5 heteroatoms. The molecule has 1 unspecified atom stereocenters. The van der Waals surface area contributed by atoms with E-state index in [0.717, 1.165) is 6.42 Å². The van der Waals surface area contributed by atoms with E-state index in [0.29, 0.717) is 34.3 Å². The minimum absolute atomic E-state index is 0.188. The molecule has 0 bridgehead atoms. The highest BCUT2D eigenvalue weighted by Gasteiger charge is 2.45. The fourth-order valence-corrected chi connectivity index (χ4v) is 2.05. The number of nitrogens with two attached hydrogens (primary N) is 1. The molecule has 17 heavy (non-hydrogen) atoms. The molecule has 3 N–H and O–H groups in total. The zero-order chi connectivity index (χ0) is 12.6. The fraction of sp³-hybridized carbons (Fsp3) is 0.500. The van der Waals surface area contributed by atoms with Crippen LogP contribution >= 0.6 is 11.6 Å². The topological polar surface area (TPSA) is 68.0 Å². The third-order valence-electron chi connectivity index (χ3n) is 3.35. The molecule has 0 radical (unpaired) electrons. The molecule has 0 saturated heterocycles. The van der Waals surface area contributed by atoms with Gasteiger partial charge in [-0.25, -0.2) is 4.98 Å². The quantitative estimate of drug-likeness (QED) is 0.867. The van der Waals surface area contributed by atoms with E-state index in [1.807, 2.05) is 0 Å². The van der Waals surface area contributed by atoms with E-state index >= 15 is 0 Å². The number of hydrogen-bond donors (Lipinski definition) is 2. The Labute approximate surface area is 106 Å². The SMILES string of the molecule is CC1(C)CC1CNC(=O)c1cc(N)ncc1Cl. The lowest BCUT2D eigenvalue weighted by atomic mass is 10.1. The van der Waals surface area contributed by atoms with E-state index in [1.165, 1.54) is 12.3 Å². The highest BCUT2D eigenvalue weighted by molar-refractivity contribution is 6.33. The molecule has 92 valence electrons. The Kier molecular flexibility index (Phi) is 3.00. The minimum Gasteiger partial charge on any atom is -0.384 e. The summed E-state index contributed by atoms with van der Waals surface area (Å²) in [5.74, 6) is 0.669. The lowest BCUT2D eigenvalue weighted by Crippen LogP contribution is -2.27. The van der Waals surface area contributed by atoms with E-state index in [4.69, 9.17) is 17.3 Å². The van der Waals surface area contributed by atoms with Crippen LogP contribution in [-0.4, -0.2) is 17.4 Å². The number of anilines is 1. The standard InChI is InChI=1S/C12H16ClN3O/c1-12(2)4-7(12)5-16-11(17)8-3-10(14)15-6-9(8)13/h3,6-7H,4-5H2,1-2H3,(H2,14,15)(H,16,17). The van der Waals surface area contributed by atoms with Crippen LogP contribution in [0.5, 0.6) is 0 Å². The number of aromatic nitrogens is 1. The second-order valence-electron chi connectivity index (χ2n) is 5.19. The van der Waals surface area contributed by atoms with Gasteiger partial charge in [-0.1, -0.05) is 25.4 Å². The average Bonchev–Trinajstić information content (AvgIpc) is 2.87. The van der Waals surface area contributed by atoms with E-state index in [-0.39, 0.29) is 5.91 Å². The van der Waals surface area contributed by atoms with Gasteiger partial charge < -0.3 is 11.1 Å². The maximum Gasteiger partial charge on any atom is 0.253 e. The molecule has 1 heterocycles. The minimum atomic E-state index is -0.188. The van der Waals surface area contributed by atoms with Crippen LogP contribution in [0.25, 0.3) is 0 Å². The number of nitrogens with one attached hydrogen (secondary N) is 1. The van der Waals surface area contributed by atoms with Crippen molar-refractivity contribution in [3.8, 4) is 0 Å². The van der Waals surface area contributed by atoms with Gasteiger partial charge in [0, 0.05) is 12.7 Å². The first-order valence-corrected chi connectivity index (χ1v) is 5.97. The van der Waals surface area contributed by atoms with Crippen LogP contribution in [0.1, 0.15) is 30.6 Å². The lowest BCUT2D eigenvalue weighted by Gasteiger charge is -2.08. The van der Waals surface area contributed by atoms with Crippen LogP contribution in [0.2, 0.25) is 5.02 Å².